The van der Waals surface area contributed by atoms with Crippen molar-refractivity contribution in [2.45, 2.75) is 13.8 Å². The molecule has 0 aliphatic rings. The molecule has 2 rings (SSSR count). The van der Waals surface area contributed by atoms with Crippen LogP contribution in [0.4, 0.5) is 6.01 Å². The monoisotopic (exact) mass is 271 g/mol. The van der Waals surface area contributed by atoms with Crippen molar-refractivity contribution in [1.29, 1.82) is 0 Å². The summed E-state index contributed by atoms with van der Waals surface area (Å²) in [6.07, 6.45) is 0. The first-order chi connectivity index (χ1) is 9.60. The third kappa shape index (κ3) is 3.22. The maximum Gasteiger partial charge on any atom is 0.322 e. The summed E-state index contributed by atoms with van der Waals surface area (Å²) in [4.78, 5) is 12.1. The zero-order chi connectivity index (χ0) is 14.5. The molecule has 1 amide bonds. The Bertz CT molecular complexity index is 695. The number of nitrogens with one attached hydrogen (secondary N) is 1. The number of hydrogen-bond acceptors (Lipinski definition) is 5. The lowest BCUT2D eigenvalue weighted by Crippen LogP contribution is -2.14. The summed E-state index contributed by atoms with van der Waals surface area (Å²) in [7, 11) is 0. The van der Waals surface area contributed by atoms with Gasteiger partial charge in [0, 0.05) is 12.5 Å². The van der Waals surface area contributed by atoms with E-state index in [0.717, 1.165) is 5.56 Å². The summed E-state index contributed by atoms with van der Waals surface area (Å²) >= 11 is 0. The third-order valence-corrected chi connectivity index (χ3v) is 2.47. The van der Waals surface area contributed by atoms with Crippen LogP contribution in [-0.2, 0) is 0 Å². The number of benzene rings is 1. The van der Waals surface area contributed by atoms with Gasteiger partial charge in [-0.2, -0.15) is 0 Å². The molecular weight excluding hydrogens is 258 g/mol. The summed E-state index contributed by atoms with van der Waals surface area (Å²) in [5, 5.41) is 18.6. The highest BCUT2D eigenvalue weighted by atomic mass is 16.4. The van der Waals surface area contributed by atoms with Gasteiger partial charge >= 0.3 is 6.01 Å². The Hall–Kier alpha value is -2.65. The molecule has 6 heteroatoms. The number of aliphatic hydroxyl groups excluding tert-OH is 1. The minimum absolute atomic E-state index is 0.0362. The molecule has 1 aromatic carbocycles. The Labute approximate surface area is 115 Å². The van der Waals surface area contributed by atoms with E-state index in [4.69, 9.17) is 9.52 Å². The molecule has 2 N–H and O–H groups in total. The summed E-state index contributed by atoms with van der Waals surface area (Å²) in [6.45, 7) is 3.26. The van der Waals surface area contributed by atoms with Gasteiger partial charge in [-0.05, 0) is 24.6 Å². The van der Waals surface area contributed by atoms with Crippen LogP contribution < -0.4 is 5.32 Å². The molecule has 0 atom stereocenters. The molecule has 0 radical (unpaired) electrons. The van der Waals surface area contributed by atoms with Crippen LogP contribution in [0.5, 0.6) is 0 Å². The van der Waals surface area contributed by atoms with E-state index >= 15 is 0 Å². The molecule has 0 bridgehead atoms. The predicted molar refractivity (Wildman–Crippen MR) is 72.1 cm³/mol. The maximum atomic E-state index is 12.1. The van der Waals surface area contributed by atoms with Crippen LogP contribution in [0.3, 0.4) is 0 Å². The van der Waals surface area contributed by atoms with E-state index in [1.165, 1.54) is 0 Å². The van der Waals surface area contributed by atoms with Crippen LogP contribution in [0, 0.1) is 25.7 Å². The van der Waals surface area contributed by atoms with Crippen LogP contribution in [0.15, 0.2) is 22.6 Å². The number of aromatic nitrogens is 2. The van der Waals surface area contributed by atoms with E-state index in [1.807, 2.05) is 6.92 Å². The van der Waals surface area contributed by atoms with Gasteiger partial charge in [0.15, 0.2) is 0 Å². The van der Waals surface area contributed by atoms with Crippen LogP contribution in [0.25, 0.3) is 0 Å². The molecule has 1 aromatic heterocycles. The number of anilines is 1. The smallest absolute Gasteiger partial charge is 0.322 e. The van der Waals surface area contributed by atoms with Crippen molar-refractivity contribution in [3.8, 4) is 11.8 Å². The fourth-order valence-corrected chi connectivity index (χ4v) is 1.61. The van der Waals surface area contributed by atoms with E-state index in [1.54, 1.807) is 25.1 Å². The Morgan fingerprint density at radius 3 is 2.85 bits per heavy atom. The molecule has 2 aromatic rings. The van der Waals surface area contributed by atoms with Crippen molar-refractivity contribution >= 4 is 11.9 Å². The van der Waals surface area contributed by atoms with Crippen molar-refractivity contribution in [2.75, 3.05) is 11.9 Å². The number of nitrogens with zero attached hydrogens (tertiary/aromatic N) is 2. The van der Waals surface area contributed by atoms with Crippen LogP contribution in [-0.4, -0.2) is 27.8 Å². The molecule has 0 fully saturated rings. The van der Waals surface area contributed by atoms with Gasteiger partial charge in [-0.1, -0.05) is 23.0 Å². The Kier molecular flexibility index (Phi) is 4.13. The first kappa shape index (κ1) is 13.8. The minimum Gasteiger partial charge on any atom is -0.408 e. The molecule has 0 saturated heterocycles. The lowest BCUT2D eigenvalue weighted by molar-refractivity contribution is 0.102. The number of amides is 1. The predicted octanol–water partition coefficient (Wildman–Crippen LogP) is 1.28. The number of hydrogen-bond donors (Lipinski definition) is 2. The zero-order valence-electron chi connectivity index (χ0n) is 11.1. The van der Waals surface area contributed by atoms with Crippen molar-refractivity contribution in [1.82, 2.24) is 10.2 Å². The molecule has 1 heterocycles. The molecule has 0 unspecified atom stereocenters. The van der Waals surface area contributed by atoms with E-state index < -0.39 is 5.91 Å². The number of aryl methyl sites for hydroxylation is 2. The molecule has 0 aliphatic carbocycles. The number of aliphatic hydroxyl groups is 1. The number of carbonyl (C=O) groups excluding carboxylic acids is 1. The Morgan fingerprint density at radius 2 is 2.20 bits per heavy atom. The van der Waals surface area contributed by atoms with E-state index in [2.05, 4.69) is 27.4 Å². The molecule has 20 heavy (non-hydrogen) atoms. The standard InChI is InChI=1S/C14H13N3O3/c1-9-5-6-12(11(8-9)4-3-7-18)13(19)15-14-17-16-10(2)20-14/h5-6,8,18H,7H2,1-2H3,(H,15,17,19). The number of carbonyl (C=O) groups is 1. The molecule has 0 spiro atoms. The molecule has 6 nitrogen and oxygen atoms in total. The SMILES string of the molecule is Cc1ccc(C(=O)Nc2nnc(C)o2)c(C#CCO)c1. The topological polar surface area (TPSA) is 88.3 Å². The number of rotatable bonds is 2. The summed E-state index contributed by atoms with van der Waals surface area (Å²) < 4.78 is 5.09. The Balaban J connectivity index is 2.29. The van der Waals surface area contributed by atoms with Crippen LogP contribution in [0.2, 0.25) is 0 Å². The lowest BCUT2D eigenvalue weighted by atomic mass is 10.0. The van der Waals surface area contributed by atoms with Gasteiger partial charge in [-0.25, -0.2) is 0 Å². The average molecular weight is 271 g/mol. The van der Waals surface area contributed by atoms with Gasteiger partial charge < -0.3 is 9.52 Å². The van der Waals surface area contributed by atoms with Crippen LogP contribution >= 0.6 is 0 Å². The Morgan fingerprint density at radius 1 is 1.40 bits per heavy atom. The quantitative estimate of drug-likeness (QED) is 0.803. The maximum absolute atomic E-state index is 12.1. The van der Waals surface area contributed by atoms with Gasteiger partial charge in [0.05, 0.1) is 5.56 Å². The average Bonchev–Trinajstić information content (AvgIpc) is 2.81. The van der Waals surface area contributed by atoms with Gasteiger partial charge in [0.1, 0.15) is 6.61 Å². The van der Waals surface area contributed by atoms with Crippen LogP contribution in [0.1, 0.15) is 27.4 Å². The lowest BCUT2D eigenvalue weighted by Gasteiger charge is -2.04. The van der Waals surface area contributed by atoms with Gasteiger partial charge in [-0.3, -0.25) is 10.1 Å². The second-order valence-corrected chi connectivity index (χ2v) is 4.09. The van der Waals surface area contributed by atoms with Crippen molar-refractivity contribution in [3.63, 3.8) is 0 Å². The second-order valence-electron chi connectivity index (χ2n) is 4.09. The first-order valence-corrected chi connectivity index (χ1v) is 5.92. The largest absolute Gasteiger partial charge is 0.408 e. The van der Waals surface area contributed by atoms with Gasteiger partial charge in [0.2, 0.25) is 5.89 Å². The van der Waals surface area contributed by atoms with Crippen molar-refractivity contribution < 1.29 is 14.3 Å². The minimum atomic E-state index is -0.393. The highest BCUT2D eigenvalue weighted by Gasteiger charge is 2.13. The normalized spacial score (nSPS) is 9.75. The van der Waals surface area contributed by atoms with E-state index in [0.29, 0.717) is 17.0 Å². The molecule has 0 aliphatic heterocycles. The third-order valence-electron chi connectivity index (χ3n) is 2.47. The molecular formula is C14H13N3O3. The molecule has 0 saturated carbocycles. The first-order valence-electron chi connectivity index (χ1n) is 5.92. The van der Waals surface area contributed by atoms with Crippen molar-refractivity contribution in [2.24, 2.45) is 0 Å². The second kappa shape index (κ2) is 5.99. The van der Waals surface area contributed by atoms with E-state index in [-0.39, 0.29) is 12.6 Å². The summed E-state index contributed by atoms with van der Waals surface area (Å²) in [5.74, 6) is 5.25. The highest BCUT2D eigenvalue weighted by molar-refractivity contribution is 6.05. The fraction of sp³-hybridized carbons (Fsp3) is 0.214. The van der Waals surface area contributed by atoms with E-state index in [9.17, 15) is 4.79 Å². The van der Waals surface area contributed by atoms with Gasteiger partial charge in [0.25, 0.3) is 5.91 Å². The highest BCUT2D eigenvalue weighted by Crippen LogP contribution is 2.13. The zero-order valence-corrected chi connectivity index (χ0v) is 11.1. The fourth-order valence-electron chi connectivity index (χ4n) is 1.61. The summed E-state index contributed by atoms with van der Waals surface area (Å²) in [6, 6.07) is 5.28. The van der Waals surface area contributed by atoms with Crippen molar-refractivity contribution in [3.05, 3.63) is 40.8 Å². The molecule has 102 valence electrons. The summed E-state index contributed by atoms with van der Waals surface area (Å²) in [5.41, 5.74) is 1.89. The van der Waals surface area contributed by atoms with Gasteiger partial charge in [-0.15, -0.1) is 5.10 Å².